The van der Waals surface area contributed by atoms with Gasteiger partial charge in [-0.25, -0.2) is 9.37 Å². The van der Waals surface area contributed by atoms with E-state index < -0.39 is 5.60 Å². The number of imidazole rings is 1. The van der Waals surface area contributed by atoms with E-state index in [4.69, 9.17) is 9.47 Å². The van der Waals surface area contributed by atoms with Crippen molar-refractivity contribution in [3.05, 3.63) is 78.1 Å². The Labute approximate surface area is 223 Å². The smallest absolute Gasteiger partial charge is 0.219 e. The summed E-state index contributed by atoms with van der Waals surface area (Å²) >= 11 is 0. The van der Waals surface area contributed by atoms with Gasteiger partial charge in [-0.3, -0.25) is 9.69 Å². The summed E-state index contributed by atoms with van der Waals surface area (Å²) in [7, 11) is 0. The molecule has 4 rings (SSSR count). The second-order valence-electron chi connectivity index (χ2n) is 10.2. The molecule has 9 heteroatoms. The lowest BCUT2D eigenvalue weighted by atomic mass is 10.0. The van der Waals surface area contributed by atoms with E-state index in [0.29, 0.717) is 44.5 Å². The van der Waals surface area contributed by atoms with Crippen LogP contribution in [0.4, 0.5) is 4.39 Å². The molecule has 0 saturated carbocycles. The number of halogens is 1. The van der Waals surface area contributed by atoms with Gasteiger partial charge in [-0.05, 0) is 42.0 Å². The Morgan fingerprint density at radius 1 is 1.05 bits per heavy atom. The molecule has 38 heavy (non-hydrogen) atoms. The zero-order chi connectivity index (χ0) is 27.1. The van der Waals surface area contributed by atoms with Crippen molar-refractivity contribution in [2.24, 2.45) is 0 Å². The molecule has 1 amide bonds. The van der Waals surface area contributed by atoms with Crippen LogP contribution in [0.25, 0.3) is 0 Å². The van der Waals surface area contributed by atoms with Gasteiger partial charge in [0.15, 0.2) is 0 Å². The summed E-state index contributed by atoms with van der Waals surface area (Å²) in [6, 6.07) is 13.6. The highest BCUT2D eigenvalue weighted by Gasteiger charge is 2.36. The largest absolute Gasteiger partial charge is 0.492 e. The first kappa shape index (κ1) is 27.6. The van der Waals surface area contributed by atoms with E-state index in [1.807, 2.05) is 36.7 Å². The number of nitrogens with zero attached hydrogens (tertiary/aromatic N) is 4. The van der Waals surface area contributed by atoms with Crippen LogP contribution in [0.1, 0.15) is 38.1 Å². The number of rotatable bonds is 10. The average molecular weight is 525 g/mol. The Morgan fingerprint density at radius 3 is 2.42 bits per heavy atom. The van der Waals surface area contributed by atoms with Crippen molar-refractivity contribution in [1.82, 2.24) is 19.4 Å². The number of carbonyl (C=O) groups excluding carboxylic acids is 1. The summed E-state index contributed by atoms with van der Waals surface area (Å²) < 4.78 is 27.1. The molecule has 1 saturated heterocycles. The van der Waals surface area contributed by atoms with Crippen molar-refractivity contribution in [2.75, 3.05) is 39.4 Å². The number of carbonyl (C=O) groups is 1. The zero-order valence-corrected chi connectivity index (χ0v) is 22.3. The lowest BCUT2D eigenvalue weighted by Crippen LogP contribution is -2.51. The molecule has 0 unspecified atom stereocenters. The Kier molecular flexibility index (Phi) is 9.01. The number of benzene rings is 2. The van der Waals surface area contributed by atoms with Crippen molar-refractivity contribution in [2.45, 2.75) is 45.4 Å². The van der Waals surface area contributed by atoms with Gasteiger partial charge in [0.05, 0.1) is 13.1 Å². The fourth-order valence-electron chi connectivity index (χ4n) is 4.71. The molecule has 2 aromatic carbocycles. The normalized spacial score (nSPS) is 18.4. The number of β-amino-alcohol motifs (C(OH)–C–C–N with tert-alkyl or cyclic N) is 1. The summed E-state index contributed by atoms with van der Waals surface area (Å²) in [6.07, 6.45) is 3.79. The van der Waals surface area contributed by atoms with Gasteiger partial charge in [-0.2, -0.15) is 0 Å². The summed E-state index contributed by atoms with van der Waals surface area (Å²) in [4.78, 5) is 20.3. The third kappa shape index (κ3) is 7.55. The maximum atomic E-state index is 13.2. The predicted octanol–water partition coefficient (Wildman–Crippen LogP) is 3.70. The molecule has 0 aliphatic carbocycles. The first-order valence-corrected chi connectivity index (χ1v) is 13.0. The molecule has 2 heterocycles. The minimum absolute atomic E-state index is 0.0128. The fourth-order valence-corrected chi connectivity index (χ4v) is 4.71. The molecular weight excluding hydrogens is 487 g/mol. The van der Waals surface area contributed by atoms with E-state index in [-0.39, 0.29) is 24.9 Å². The van der Waals surface area contributed by atoms with Crippen LogP contribution in [-0.2, 0) is 17.9 Å². The SMILES string of the molecule is CC(=O)N1CCN(Cc2ccc(OCCn3ccnc3C(C)C)cc2)C[C@@](O)(COc2ccc(F)cc2)C1. The van der Waals surface area contributed by atoms with Crippen molar-refractivity contribution in [3.63, 3.8) is 0 Å². The number of hydrogen-bond donors (Lipinski definition) is 1. The van der Waals surface area contributed by atoms with Crippen molar-refractivity contribution >= 4 is 5.91 Å². The standard InChI is InChI=1S/C29H37FN4O4/c1-22(2)28-31-12-13-33(28)16-17-37-26-8-4-24(5-9-26)18-32-14-15-34(23(3)35)20-29(36,19-32)21-38-27-10-6-25(30)7-11-27/h4-13,22,36H,14-21H2,1-3H3/t29-/m0/s1. The average Bonchev–Trinajstić information content (AvgIpc) is 3.29. The predicted molar refractivity (Wildman–Crippen MR) is 143 cm³/mol. The topological polar surface area (TPSA) is 80.1 Å². The number of aromatic nitrogens is 2. The summed E-state index contributed by atoms with van der Waals surface area (Å²) in [5.41, 5.74) is -0.200. The van der Waals surface area contributed by atoms with Crippen LogP contribution in [0.15, 0.2) is 60.9 Å². The second kappa shape index (κ2) is 12.4. The number of aliphatic hydroxyl groups is 1. The summed E-state index contributed by atoms with van der Waals surface area (Å²) in [6.45, 7) is 9.27. The zero-order valence-electron chi connectivity index (χ0n) is 22.3. The van der Waals surface area contributed by atoms with E-state index >= 15 is 0 Å². The highest BCUT2D eigenvalue weighted by atomic mass is 19.1. The molecule has 1 fully saturated rings. The number of amides is 1. The van der Waals surface area contributed by atoms with E-state index in [1.165, 1.54) is 31.2 Å². The van der Waals surface area contributed by atoms with Crippen LogP contribution >= 0.6 is 0 Å². The van der Waals surface area contributed by atoms with Gasteiger partial charge >= 0.3 is 0 Å². The molecule has 1 atom stereocenters. The van der Waals surface area contributed by atoms with Gasteiger partial charge in [-0.1, -0.05) is 26.0 Å². The first-order chi connectivity index (χ1) is 18.2. The van der Waals surface area contributed by atoms with E-state index in [2.05, 4.69) is 28.3 Å². The molecule has 0 spiro atoms. The van der Waals surface area contributed by atoms with Crippen molar-refractivity contribution < 1.29 is 23.8 Å². The van der Waals surface area contributed by atoms with Crippen LogP contribution < -0.4 is 9.47 Å². The van der Waals surface area contributed by atoms with Gasteiger partial charge in [-0.15, -0.1) is 0 Å². The summed E-state index contributed by atoms with van der Waals surface area (Å²) in [5, 5.41) is 11.4. The molecule has 0 radical (unpaired) electrons. The third-order valence-electron chi connectivity index (χ3n) is 6.65. The Bertz CT molecular complexity index is 1180. The molecule has 1 aliphatic rings. The maximum absolute atomic E-state index is 13.2. The molecule has 1 N–H and O–H groups in total. The van der Waals surface area contributed by atoms with Crippen LogP contribution in [0, 0.1) is 5.82 Å². The number of hydrogen-bond acceptors (Lipinski definition) is 6. The van der Waals surface area contributed by atoms with Crippen LogP contribution in [0.2, 0.25) is 0 Å². The molecule has 3 aromatic rings. The lowest BCUT2D eigenvalue weighted by Gasteiger charge is -2.32. The monoisotopic (exact) mass is 524 g/mol. The highest BCUT2D eigenvalue weighted by Crippen LogP contribution is 2.21. The van der Waals surface area contributed by atoms with Crippen molar-refractivity contribution in [1.29, 1.82) is 0 Å². The van der Waals surface area contributed by atoms with Gasteiger partial charge in [0, 0.05) is 51.4 Å². The fraction of sp³-hybridized carbons (Fsp3) is 0.448. The molecule has 0 bridgehead atoms. The second-order valence-corrected chi connectivity index (χ2v) is 10.2. The quantitative estimate of drug-likeness (QED) is 0.436. The minimum atomic E-state index is -1.28. The molecule has 204 valence electrons. The van der Waals surface area contributed by atoms with E-state index in [0.717, 1.165) is 23.7 Å². The minimum Gasteiger partial charge on any atom is -0.492 e. The third-order valence-corrected chi connectivity index (χ3v) is 6.65. The van der Waals surface area contributed by atoms with E-state index in [9.17, 15) is 14.3 Å². The molecule has 1 aliphatic heterocycles. The first-order valence-electron chi connectivity index (χ1n) is 13.0. The van der Waals surface area contributed by atoms with Crippen LogP contribution in [0.3, 0.4) is 0 Å². The number of ether oxygens (including phenoxy) is 2. The van der Waals surface area contributed by atoms with Crippen LogP contribution in [-0.4, -0.2) is 75.4 Å². The Hall–Kier alpha value is -3.43. The van der Waals surface area contributed by atoms with Crippen molar-refractivity contribution in [3.8, 4) is 11.5 Å². The molecular formula is C29H37FN4O4. The summed E-state index contributed by atoms with van der Waals surface area (Å²) in [5.74, 6) is 2.22. The highest BCUT2D eigenvalue weighted by molar-refractivity contribution is 5.73. The van der Waals surface area contributed by atoms with Gasteiger partial charge in [0.2, 0.25) is 5.91 Å². The van der Waals surface area contributed by atoms with Gasteiger partial charge < -0.3 is 24.0 Å². The van der Waals surface area contributed by atoms with Gasteiger partial charge in [0.1, 0.15) is 42.0 Å². The van der Waals surface area contributed by atoms with Crippen LogP contribution in [0.5, 0.6) is 11.5 Å². The Balaban J connectivity index is 1.34. The van der Waals surface area contributed by atoms with E-state index in [1.54, 1.807) is 4.90 Å². The molecule has 1 aromatic heterocycles. The Morgan fingerprint density at radius 2 is 1.74 bits per heavy atom. The van der Waals surface area contributed by atoms with Gasteiger partial charge in [0.25, 0.3) is 0 Å². The lowest BCUT2D eigenvalue weighted by molar-refractivity contribution is -0.132. The maximum Gasteiger partial charge on any atom is 0.219 e. The molecule has 8 nitrogen and oxygen atoms in total.